The third kappa shape index (κ3) is 10.2. The summed E-state index contributed by atoms with van der Waals surface area (Å²) < 4.78 is 16.8. The molecule has 1 fully saturated rings. The average molecular weight is 491 g/mol. The third-order valence-corrected chi connectivity index (χ3v) is 4.32. The first-order valence-electron chi connectivity index (χ1n) is 9.58. The van der Waals surface area contributed by atoms with Crippen molar-refractivity contribution in [3.8, 4) is 5.75 Å². The van der Waals surface area contributed by atoms with Crippen molar-refractivity contribution in [1.82, 2.24) is 10.6 Å². The van der Waals surface area contributed by atoms with Gasteiger partial charge in [-0.2, -0.15) is 0 Å². The van der Waals surface area contributed by atoms with Crippen molar-refractivity contribution in [2.24, 2.45) is 10.9 Å². The molecule has 0 spiro atoms. The van der Waals surface area contributed by atoms with Gasteiger partial charge in [-0.1, -0.05) is 18.2 Å². The highest BCUT2D eigenvalue weighted by Crippen LogP contribution is 2.16. The van der Waals surface area contributed by atoms with Crippen LogP contribution in [0.2, 0.25) is 0 Å². The van der Waals surface area contributed by atoms with E-state index in [9.17, 15) is 0 Å². The third-order valence-electron chi connectivity index (χ3n) is 4.32. The van der Waals surface area contributed by atoms with Crippen LogP contribution in [0.1, 0.15) is 24.8 Å². The molecular formula is C20H34IN3O3. The average Bonchev–Trinajstić information content (AvgIpc) is 3.17. The molecule has 27 heavy (non-hydrogen) atoms. The molecule has 1 aromatic carbocycles. The molecule has 0 aromatic heterocycles. The molecule has 1 aromatic rings. The van der Waals surface area contributed by atoms with Gasteiger partial charge in [0.25, 0.3) is 0 Å². The molecule has 1 saturated heterocycles. The Morgan fingerprint density at radius 1 is 1.19 bits per heavy atom. The number of hydrogen-bond donors (Lipinski definition) is 2. The molecule has 2 rings (SSSR count). The topological polar surface area (TPSA) is 64.1 Å². The number of guanidine groups is 1. The van der Waals surface area contributed by atoms with Crippen LogP contribution in [-0.2, 0) is 9.47 Å². The van der Waals surface area contributed by atoms with E-state index in [1.165, 1.54) is 5.56 Å². The lowest BCUT2D eigenvalue weighted by molar-refractivity contribution is 0.0888. The molecule has 0 aliphatic carbocycles. The van der Waals surface area contributed by atoms with Gasteiger partial charge >= 0.3 is 0 Å². The van der Waals surface area contributed by atoms with E-state index in [1.807, 2.05) is 18.2 Å². The van der Waals surface area contributed by atoms with Crippen LogP contribution < -0.4 is 15.4 Å². The van der Waals surface area contributed by atoms with Crippen LogP contribution in [0.3, 0.4) is 0 Å². The second kappa shape index (κ2) is 14.9. The second-order valence-corrected chi connectivity index (χ2v) is 6.55. The van der Waals surface area contributed by atoms with E-state index in [2.05, 4.69) is 28.6 Å². The maximum absolute atomic E-state index is 5.79. The van der Waals surface area contributed by atoms with Crippen molar-refractivity contribution in [2.45, 2.75) is 26.2 Å². The summed E-state index contributed by atoms with van der Waals surface area (Å²) in [5.41, 5.74) is 1.17. The molecule has 0 bridgehead atoms. The first kappa shape index (κ1) is 24.0. The van der Waals surface area contributed by atoms with Crippen molar-refractivity contribution >= 4 is 29.9 Å². The summed E-state index contributed by atoms with van der Waals surface area (Å²) in [7, 11) is 1.79. The Balaban J connectivity index is 0.00000364. The van der Waals surface area contributed by atoms with E-state index in [4.69, 9.17) is 14.2 Å². The summed E-state index contributed by atoms with van der Waals surface area (Å²) >= 11 is 0. The van der Waals surface area contributed by atoms with E-state index >= 15 is 0 Å². The fourth-order valence-electron chi connectivity index (χ4n) is 2.75. The van der Waals surface area contributed by atoms with Crippen LogP contribution in [0, 0.1) is 12.8 Å². The summed E-state index contributed by atoms with van der Waals surface area (Å²) in [6.45, 7) is 7.73. The molecule has 154 valence electrons. The van der Waals surface area contributed by atoms with E-state index in [-0.39, 0.29) is 24.0 Å². The predicted octanol–water partition coefficient (Wildman–Crippen LogP) is 2.99. The van der Waals surface area contributed by atoms with Crippen molar-refractivity contribution in [3.05, 3.63) is 29.8 Å². The largest absolute Gasteiger partial charge is 0.493 e. The van der Waals surface area contributed by atoms with E-state index < -0.39 is 0 Å². The van der Waals surface area contributed by atoms with Gasteiger partial charge in [-0.3, -0.25) is 4.99 Å². The number of nitrogens with zero attached hydrogens (tertiary/aromatic N) is 1. The smallest absolute Gasteiger partial charge is 0.190 e. The lowest BCUT2D eigenvalue weighted by Gasteiger charge is -2.13. The Kier molecular flexibility index (Phi) is 13.3. The number of ether oxygens (including phenoxy) is 3. The Bertz CT molecular complexity index is 537. The van der Waals surface area contributed by atoms with Crippen LogP contribution in [0.15, 0.2) is 29.3 Å². The van der Waals surface area contributed by atoms with Crippen molar-refractivity contribution in [3.63, 3.8) is 0 Å². The summed E-state index contributed by atoms with van der Waals surface area (Å²) in [5.74, 6) is 2.36. The Morgan fingerprint density at radius 3 is 2.59 bits per heavy atom. The Labute approximate surface area is 180 Å². The van der Waals surface area contributed by atoms with Crippen molar-refractivity contribution in [2.75, 3.05) is 53.2 Å². The van der Waals surface area contributed by atoms with Gasteiger partial charge in [0.15, 0.2) is 5.96 Å². The molecule has 7 heteroatoms. The first-order chi connectivity index (χ1) is 12.8. The second-order valence-electron chi connectivity index (χ2n) is 6.55. The summed E-state index contributed by atoms with van der Waals surface area (Å²) in [6, 6.07) is 8.08. The molecule has 0 radical (unpaired) electrons. The number of nitrogens with one attached hydrogen (secondary N) is 2. The van der Waals surface area contributed by atoms with Gasteiger partial charge in [0, 0.05) is 39.3 Å². The van der Waals surface area contributed by atoms with Gasteiger partial charge in [0.1, 0.15) is 5.75 Å². The minimum atomic E-state index is 0. The number of benzene rings is 1. The molecule has 0 saturated carbocycles. The summed E-state index contributed by atoms with van der Waals surface area (Å²) in [4.78, 5) is 4.24. The molecule has 2 N–H and O–H groups in total. The molecule has 0 amide bonds. The lowest BCUT2D eigenvalue weighted by Crippen LogP contribution is -2.38. The maximum Gasteiger partial charge on any atom is 0.190 e. The van der Waals surface area contributed by atoms with Crippen LogP contribution in [0.4, 0.5) is 0 Å². The molecule has 1 aliphatic heterocycles. The minimum Gasteiger partial charge on any atom is -0.493 e. The van der Waals surface area contributed by atoms with Crippen molar-refractivity contribution in [1.29, 1.82) is 0 Å². The van der Waals surface area contributed by atoms with Crippen LogP contribution in [0.5, 0.6) is 5.75 Å². The van der Waals surface area contributed by atoms with E-state index in [0.29, 0.717) is 12.5 Å². The molecule has 1 aliphatic rings. The van der Waals surface area contributed by atoms with Gasteiger partial charge in [-0.05, 0) is 37.8 Å². The zero-order chi connectivity index (χ0) is 18.5. The normalized spacial score (nSPS) is 16.7. The van der Waals surface area contributed by atoms with Gasteiger partial charge < -0.3 is 24.8 Å². The van der Waals surface area contributed by atoms with Crippen molar-refractivity contribution < 1.29 is 14.2 Å². The fourth-order valence-corrected chi connectivity index (χ4v) is 2.75. The zero-order valence-corrected chi connectivity index (χ0v) is 18.9. The lowest BCUT2D eigenvalue weighted by atomic mass is 10.1. The summed E-state index contributed by atoms with van der Waals surface area (Å²) in [6.07, 6.45) is 3.01. The number of rotatable bonds is 11. The minimum absolute atomic E-state index is 0. The predicted molar refractivity (Wildman–Crippen MR) is 120 cm³/mol. The van der Waals surface area contributed by atoms with Crippen LogP contribution in [-0.4, -0.2) is 59.1 Å². The molecule has 1 unspecified atom stereocenters. The summed E-state index contributed by atoms with van der Waals surface area (Å²) in [5, 5.41) is 6.62. The zero-order valence-electron chi connectivity index (χ0n) is 16.5. The van der Waals surface area contributed by atoms with Gasteiger partial charge in [-0.25, -0.2) is 0 Å². The standard InChI is InChI=1S/C20H33N3O3.HI/c1-17-7-3-4-8-19(17)26-13-6-11-23-20(21-2)22-10-5-12-24-15-18-9-14-25-16-18;/h3-4,7-8,18H,5-6,9-16H2,1-2H3,(H2,21,22,23);1H. The molecule has 1 atom stereocenters. The van der Waals surface area contributed by atoms with E-state index in [1.54, 1.807) is 7.05 Å². The molecule has 6 nitrogen and oxygen atoms in total. The Hall–Kier alpha value is -1.06. The molecular weight excluding hydrogens is 457 g/mol. The van der Waals surface area contributed by atoms with Gasteiger partial charge in [-0.15, -0.1) is 24.0 Å². The Morgan fingerprint density at radius 2 is 1.93 bits per heavy atom. The number of halogens is 1. The van der Waals surface area contributed by atoms with Gasteiger partial charge in [0.2, 0.25) is 0 Å². The van der Waals surface area contributed by atoms with E-state index in [0.717, 1.165) is 70.5 Å². The number of aliphatic imine (C=N–C) groups is 1. The highest BCUT2D eigenvalue weighted by Gasteiger charge is 2.15. The number of hydrogen-bond acceptors (Lipinski definition) is 4. The highest BCUT2D eigenvalue weighted by atomic mass is 127. The highest BCUT2D eigenvalue weighted by molar-refractivity contribution is 14.0. The number of aryl methyl sites for hydroxylation is 1. The van der Waals surface area contributed by atoms with Crippen LogP contribution >= 0.6 is 24.0 Å². The quantitative estimate of drug-likeness (QED) is 0.216. The first-order valence-corrected chi connectivity index (χ1v) is 9.58. The molecule has 1 heterocycles. The number of para-hydroxylation sites is 1. The fraction of sp³-hybridized carbons (Fsp3) is 0.650. The van der Waals surface area contributed by atoms with Gasteiger partial charge in [0.05, 0.1) is 19.8 Å². The maximum atomic E-state index is 5.79. The SMILES string of the molecule is CN=C(NCCCOCC1CCOC1)NCCCOc1ccccc1C.I. The monoisotopic (exact) mass is 491 g/mol. The van der Waals surface area contributed by atoms with Crippen LogP contribution in [0.25, 0.3) is 0 Å².